The van der Waals surface area contributed by atoms with Crippen LogP contribution in [-0.2, 0) is 0 Å². The highest BCUT2D eigenvalue weighted by molar-refractivity contribution is 5.23. The van der Waals surface area contributed by atoms with Gasteiger partial charge in [-0.15, -0.1) is 0 Å². The van der Waals surface area contributed by atoms with E-state index in [0.29, 0.717) is 0 Å². The SMILES string of the molecule is O[C@@]12C[C@H]3C[C@@H](C1)C1C2[C@H]1C3. The average Bonchev–Trinajstić information content (AvgIpc) is 2.55. The van der Waals surface area contributed by atoms with Crippen LogP contribution in [0.1, 0.15) is 25.7 Å². The van der Waals surface area contributed by atoms with Gasteiger partial charge in [0.25, 0.3) is 0 Å². The van der Waals surface area contributed by atoms with Gasteiger partial charge in [0.05, 0.1) is 5.60 Å². The minimum atomic E-state index is -0.152. The van der Waals surface area contributed by atoms with Crippen molar-refractivity contribution in [1.82, 2.24) is 0 Å². The highest BCUT2D eigenvalue weighted by Gasteiger charge is 2.74. The standard InChI is InChI=1S/C10H14O/c11-10-3-5-1-6(4-10)8-7(2-5)9(8)10/h5-9,11H,1-4H2/t5-,6-,7-,8?,9?,10-/m0/s1. The second kappa shape index (κ2) is 1.28. The van der Waals surface area contributed by atoms with Crippen LogP contribution in [0, 0.1) is 29.6 Å². The second-order valence-corrected chi connectivity index (χ2v) is 5.38. The van der Waals surface area contributed by atoms with Crippen molar-refractivity contribution in [3.8, 4) is 0 Å². The fourth-order valence-corrected chi connectivity index (χ4v) is 4.87. The van der Waals surface area contributed by atoms with Gasteiger partial charge in [0.2, 0.25) is 0 Å². The second-order valence-electron chi connectivity index (χ2n) is 5.38. The lowest BCUT2D eigenvalue weighted by Crippen LogP contribution is -2.42. The molecule has 5 saturated carbocycles. The monoisotopic (exact) mass is 150 g/mol. The average molecular weight is 150 g/mol. The van der Waals surface area contributed by atoms with Gasteiger partial charge in [-0.3, -0.25) is 0 Å². The summed E-state index contributed by atoms with van der Waals surface area (Å²) in [4.78, 5) is 0. The molecule has 0 aromatic carbocycles. The Bertz CT molecular complexity index is 237. The number of aliphatic hydroxyl groups is 1. The van der Waals surface area contributed by atoms with Crippen LogP contribution in [0.3, 0.4) is 0 Å². The van der Waals surface area contributed by atoms with E-state index < -0.39 is 0 Å². The molecule has 0 saturated heterocycles. The Morgan fingerprint density at radius 3 is 2.82 bits per heavy atom. The van der Waals surface area contributed by atoms with E-state index in [4.69, 9.17) is 0 Å². The summed E-state index contributed by atoms with van der Waals surface area (Å²) < 4.78 is 0. The summed E-state index contributed by atoms with van der Waals surface area (Å²) in [6, 6.07) is 0. The molecule has 4 bridgehead atoms. The summed E-state index contributed by atoms with van der Waals surface area (Å²) in [6.45, 7) is 0. The maximum atomic E-state index is 10.2. The van der Waals surface area contributed by atoms with Crippen LogP contribution in [0.4, 0.5) is 0 Å². The molecule has 2 unspecified atom stereocenters. The fraction of sp³-hybridized carbons (Fsp3) is 1.00. The molecular formula is C10H14O. The first kappa shape index (κ1) is 5.58. The van der Waals surface area contributed by atoms with Crippen LogP contribution in [0.25, 0.3) is 0 Å². The molecule has 5 aliphatic rings. The normalized spacial score (nSPS) is 75.5. The first-order chi connectivity index (χ1) is 5.28. The van der Waals surface area contributed by atoms with Crippen molar-refractivity contribution in [3.05, 3.63) is 0 Å². The van der Waals surface area contributed by atoms with Crippen LogP contribution in [0.5, 0.6) is 0 Å². The number of hydrogen-bond donors (Lipinski definition) is 1. The molecule has 11 heavy (non-hydrogen) atoms. The third kappa shape index (κ3) is 0.438. The molecule has 6 atom stereocenters. The van der Waals surface area contributed by atoms with Gasteiger partial charge in [-0.25, -0.2) is 0 Å². The van der Waals surface area contributed by atoms with Gasteiger partial charge in [0, 0.05) is 0 Å². The van der Waals surface area contributed by atoms with Gasteiger partial charge in [-0.2, -0.15) is 0 Å². The molecular weight excluding hydrogens is 136 g/mol. The molecule has 0 aliphatic heterocycles. The predicted octanol–water partition coefficient (Wildman–Crippen LogP) is 1.41. The Morgan fingerprint density at radius 1 is 1.18 bits per heavy atom. The molecule has 5 aliphatic carbocycles. The van der Waals surface area contributed by atoms with Crippen molar-refractivity contribution in [1.29, 1.82) is 0 Å². The van der Waals surface area contributed by atoms with E-state index in [2.05, 4.69) is 0 Å². The van der Waals surface area contributed by atoms with Crippen molar-refractivity contribution < 1.29 is 5.11 Å². The Morgan fingerprint density at radius 2 is 2.09 bits per heavy atom. The van der Waals surface area contributed by atoms with Crippen molar-refractivity contribution in [3.63, 3.8) is 0 Å². The summed E-state index contributed by atoms with van der Waals surface area (Å²) in [7, 11) is 0. The van der Waals surface area contributed by atoms with E-state index >= 15 is 0 Å². The van der Waals surface area contributed by atoms with Gasteiger partial charge in [-0.05, 0) is 55.3 Å². The molecule has 0 aromatic rings. The zero-order chi connectivity index (χ0) is 7.22. The Labute approximate surface area is 66.8 Å². The van der Waals surface area contributed by atoms with Crippen LogP contribution in [-0.4, -0.2) is 10.7 Å². The zero-order valence-electron chi connectivity index (χ0n) is 6.66. The van der Waals surface area contributed by atoms with E-state index in [1.807, 2.05) is 0 Å². The molecule has 1 heteroatoms. The van der Waals surface area contributed by atoms with E-state index in [9.17, 15) is 5.11 Å². The van der Waals surface area contributed by atoms with Gasteiger partial charge < -0.3 is 5.11 Å². The van der Waals surface area contributed by atoms with Crippen molar-refractivity contribution >= 4 is 0 Å². The van der Waals surface area contributed by atoms with E-state index in [0.717, 1.165) is 42.4 Å². The quantitative estimate of drug-likeness (QED) is 0.553. The lowest BCUT2D eigenvalue weighted by molar-refractivity contribution is -0.0608. The Balaban J connectivity index is 1.90. The summed E-state index contributed by atoms with van der Waals surface area (Å²) >= 11 is 0. The molecule has 0 aromatic heterocycles. The molecule has 1 N–H and O–H groups in total. The van der Waals surface area contributed by atoms with Gasteiger partial charge in [-0.1, -0.05) is 0 Å². The summed E-state index contributed by atoms with van der Waals surface area (Å²) in [5.74, 6) is 4.59. The Hall–Kier alpha value is -0.0400. The lowest BCUT2D eigenvalue weighted by atomic mass is 9.66. The van der Waals surface area contributed by atoms with Crippen LogP contribution < -0.4 is 0 Å². The third-order valence-corrected chi connectivity index (χ3v) is 4.89. The maximum absolute atomic E-state index is 10.2. The first-order valence-electron chi connectivity index (χ1n) is 5.00. The van der Waals surface area contributed by atoms with E-state index in [1.165, 1.54) is 12.8 Å². The highest BCUT2D eigenvalue weighted by Crippen LogP contribution is 2.76. The summed E-state index contributed by atoms with van der Waals surface area (Å²) in [5.41, 5.74) is -0.152. The molecule has 0 heterocycles. The molecule has 0 radical (unpaired) electrons. The zero-order valence-corrected chi connectivity index (χ0v) is 6.66. The first-order valence-corrected chi connectivity index (χ1v) is 5.00. The highest BCUT2D eigenvalue weighted by atomic mass is 16.3. The Kier molecular flexibility index (Phi) is 0.651. The number of rotatable bonds is 0. The van der Waals surface area contributed by atoms with Crippen LogP contribution in [0.15, 0.2) is 0 Å². The topological polar surface area (TPSA) is 20.2 Å². The smallest absolute Gasteiger partial charge is 0.0686 e. The van der Waals surface area contributed by atoms with Crippen LogP contribution >= 0.6 is 0 Å². The van der Waals surface area contributed by atoms with Gasteiger partial charge >= 0.3 is 0 Å². The predicted molar refractivity (Wildman–Crippen MR) is 40.9 cm³/mol. The minimum Gasteiger partial charge on any atom is -0.390 e. The van der Waals surface area contributed by atoms with E-state index in [-0.39, 0.29) is 5.60 Å². The minimum absolute atomic E-state index is 0.152. The largest absolute Gasteiger partial charge is 0.390 e. The molecule has 60 valence electrons. The van der Waals surface area contributed by atoms with Crippen molar-refractivity contribution in [2.75, 3.05) is 0 Å². The molecule has 0 amide bonds. The van der Waals surface area contributed by atoms with Gasteiger partial charge in [0.15, 0.2) is 0 Å². The molecule has 0 spiro atoms. The van der Waals surface area contributed by atoms with E-state index in [1.54, 1.807) is 0 Å². The lowest BCUT2D eigenvalue weighted by Gasteiger charge is -2.43. The maximum Gasteiger partial charge on any atom is 0.0686 e. The van der Waals surface area contributed by atoms with Crippen LogP contribution in [0.2, 0.25) is 0 Å². The molecule has 5 rings (SSSR count). The molecule has 1 nitrogen and oxygen atoms in total. The van der Waals surface area contributed by atoms with Gasteiger partial charge in [0.1, 0.15) is 0 Å². The fourth-order valence-electron chi connectivity index (χ4n) is 4.87. The summed E-state index contributed by atoms with van der Waals surface area (Å²) in [6.07, 6.45) is 5.24. The third-order valence-electron chi connectivity index (χ3n) is 4.89. The summed E-state index contributed by atoms with van der Waals surface area (Å²) in [5, 5.41) is 10.2. The van der Waals surface area contributed by atoms with Crippen molar-refractivity contribution in [2.45, 2.75) is 31.3 Å². The number of hydrogen-bond acceptors (Lipinski definition) is 1. The van der Waals surface area contributed by atoms with Crippen molar-refractivity contribution in [2.24, 2.45) is 29.6 Å². The molecule has 5 fully saturated rings.